The third-order valence-electron chi connectivity index (χ3n) is 3.64. The lowest BCUT2D eigenvalue weighted by molar-refractivity contribution is 0.121. The monoisotopic (exact) mass is 374 g/mol. The first kappa shape index (κ1) is 21.2. The molecule has 0 bridgehead atoms. The van der Waals surface area contributed by atoms with E-state index in [-0.39, 0.29) is 0 Å². The van der Waals surface area contributed by atoms with Crippen molar-refractivity contribution in [3.05, 3.63) is 30.1 Å². The van der Waals surface area contributed by atoms with Gasteiger partial charge in [-0.3, -0.25) is 9.51 Å². The van der Waals surface area contributed by atoms with E-state index < -0.39 is 20.0 Å². The van der Waals surface area contributed by atoms with Gasteiger partial charge in [-0.25, -0.2) is 4.57 Å². The first-order chi connectivity index (χ1) is 11.3. The average molecular weight is 374 g/mol. The molecule has 0 saturated carbocycles. The van der Waals surface area contributed by atoms with Crippen LogP contribution < -0.4 is 5.32 Å². The van der Waals surface area contributed by atoms with E-state index in [0.29, 0.717) is 4.99 Å². The summed E-state index contributed by atoms with van der Waals surface area (Å²) in [6.45, 7) is 3.78. The Morgan fingerprint density at radius 1 is 1.38 bits per heavy atom. The smallest absolute Gasteiger partial charge is 0.370 e. The molecule has 1 rings (SSSR count). The molecule has 3 N–H and O–H groups in total. The predicted octanol–water partition coefficient (Wildman–Crippen LogP) is 3.90. The van der Waals surface area contributed by atoms with Gasteiger partial charge in [-0.1, -0.05) is 50.9 Å². The highest BCUT2D eigenvalue weighted by Gasteiger charge is 2.27. The van der Waals surface area contributed by atoms with Gasteiger partial charge in [-0.15, -0.1) is 0 Å². The summed E-state index contributed by atoms with van der Waals surface area (Å²) in [5.41, 5.74) is 0.770. The van der Waals surface area contributed by atoms with E-state index >= 15 is 0 Å². The van der Waals surface area contributed by atoms with Crippen molar-refractivity contribution in [2.75, 3.05) is 0 Å². The molecule has 0 aromatic carbocycles. The number of pyridine rings is 1. The number of rotatable bonds is 11. The number of aromatic nitrogens is 1. The van der Waals surface area contributed by atoms with Crippen LogP contribution in [0, 0.1) is 0 Å². The number of thiocarbonyl (C=S) groups is 1. The fourth-order valence-electron chi connectivity index (χ4n) is 2.44. The second-order valence-electron chi connectivity index (χ2n) is 5.80. The minimum atomic E-state index is -4.58. The summed E-state index contributed by atoms with van der Waals surface area (Å²) in [6, 6.07) is 3.13. The number of hydrogen-bond donors (Lipinski definition) is 3. The van der Waals surface area contributed by atoms with Crippen LogP contribution in [0.4, 0.5) is 0 Å². The molecule has 0 saturated heterocycles. The number of unbranched alkanes of at least 4 members (excludes halogenated alkanes) is 4. The summed E-state index contributed by atoms with van der Waals surface area (Å²) in [7, 11) is -4.58. The summed E-state index contributed by atoms with van der Waals surface area (Å²) in [5, 5.41) is 3.17. The average Bonchev–Trinajstić information content (AvgIpc) is 2.51. The highest BCUT2D eigenvalue weighted by Crippen LogP contribution is 2.40. The van der Waals surface area contributed by atoms with Gasteiger partial charge in [0, 0.05) is 12.4 Å². The van der Waals surface area contributed by atoms with Crippen molar-refractivity contribution in [2.45, 2.75) is 64.5 Å². The van der Waals surface area contributed by atoms with Gasteiger partial charge in [0.1, 0.15) is 0 Å². The van der Waals surface area contributed by atoms with Gasteiger partial charge in [0.25, 0.3) is 0 Å². The predicted molar refractivity (Wildman–Crippen MR) is 98.7 cm³/mol. The van der Waals surface area contributed by atoms with E-state index in [0.717, 1.165) is 24.8 Å². The first-order valence-electron chi connectivity index (χ1n) is 8.26. The fourth-order valence-corrected chi connectivity index (χ4v) is 3.27. The lowest BCUT2D eigenvalue weighted by Crippen LogP contribution is -2.35. The number of phosphoric ester groups is 1. The quantitative estimate of drug-likeness (QED) is 0.307. The molecule has 6 nitrogen and oxygen atoms in total. The van der Waals surface area contributed by atoms with Crippen LogP contribution in [0.5, 0.6) is 0 Å². The standard InChI is InChI=1S/C16H27N2O4PS/c1-3-4-5-6-7-10-15(24)18-16(13(2)22-23(19,20)21)14-9-8-11-17-12-14/h8-9,11-13,16H,3-7,10H2,1-2H3,(H,18,24)(H2,19,20,21). The van der Waals surface area contributed by atoms with Crippen molar-refractivity contribution in [1.29, 1.82) is 0 Å². The minimum Gasteiger partial charge on any atom is -0.370 e. The van der Waals surface area contributed by atoms with Crippen molar-refractivity contribution in [1.82, 2.24) is 10.3 Å². The number of nitrogens with one attached hydrogen (secondary N) is 1. The SMILES string of the molecule is CCCCCCCC(=S)NC(c1cccnc1)C(C)OP(=O)(O)O. The summed E-state index contributed by atoms with van der Waals surface area (Å²) in [4.78, 5) is 22.8. The van der Waals surface area contributed by atoms with Gasteiger partial charge in [-0.2, -0.15) is 0 Å². The molecule has 0 aliphatic heterocycles. The molecule has 1 aromatic rings. The molecular weight excluding hydrogens is 347 g/mol. The largest absolute Gasteiger partial charge is 0.469 e. The zero-order valence-corrected chi connectivity index (χ0v) is 15.9. The Balaban J connectivity index is 2.65. The van der Waals surface area contributed by atoms with Crippen LogP contribution in [-0.2, 0) is 9.09 Å². The Bertz CT molecular complexity index is 538. The molecule has 1 aromatic heterocycles. The minimum absolute atomic E-state index is 0.463. The number of phosphoric acid groups is 1. The van der Waals surface area contributed by atoms with Crippen LogP contribution in [0.2, 0.25) is 0 Å². The van der Waals surface area contributed by atoms with Crippen LogP contribution in [0.3, 0.4) is 0 Å². The zero-order chi connectivity index (χ0) is 18.0. The van der Waals surface area contributed by atoms with Crippen molar-refractivity contribution in [2.24, 2.45) is 0 Å². The van der Waals surface area contributed by atoms with Crippen LogP contribution in [-0.4, -0.2) is 25.9 Å². The molecular formula is C16H27N2O4PS. The van der Waals surface area contributed by atoms with E-state index in [9.17, 15) is 4.57 Å². The van der Waals surface area contributed by atoms with E-state index in [4.69, 9.17) is 26.5 Å². The molecule has 24 heavy (non-hydrogen) atoms. The molecule has 136 valence electrons. The van der Waals surface area contributed by atoms with Gasteiger partial charge in [0.05, 0.1) is 17.1 Å². The second kappa shape index (κ2) is 10.9. The van der Waals surface area contributed by atoms with Crippen LogP contribution in [0.25, 0.3) is 0 Å². The number of nitrogens with zero attached hydrogens (tertiary/aromatic N) is 1. The van der Waals surface area contributed by atoms with E-state index in [1.165, 1.54) is 19.3 Å². The highest BCUT2D eigenvalue weighted by molar-refractivity contribution is 7.80. The molecule has 0 radical (unpaired) electrons. The molecule has 8 heteroatoms. The van der Waals surface area contributed by atoms with Crippen molar-refractivity contribution < 1.29 is 18.9 Å². The third kappa shape index (κ3) is 8.85. The van der Waals surface area contributed by atoms with Crippen molar-refractivity contribution in [3.63, 3.8) is 0 Å². The van der Waals surface area contributed by atoms with E-state index in [1.807, 2.05) is 6.07 Å². The maximum atomic E-state index is 11.1. The molecule has 0 aliphatic rings. The molecule has 0 spiro atoms. The fraction of sp³-hybridized carbons (Fsp3) is 0.625. The Morgan fingerprint density at radius 3 is 2.67 bits per heavy atom. The van der Waals surface area contributed by atoms with Crippen molar-refractivity contribution in [3.8, 4) is 0 Å². The van der Waals surface area contributed by atoms with E-state index in [1.54, 1.807) is 25.4 Å². The molecule has 1 heterocycles. The van der Waals surface area contributed by atoms with Gasteiger partial charge in [0.15, 0.2) is 0 Å². The van der Waals surface area contributed by atoms with Gasteiger partial charge >= 0.3 is 7.82 Å². The van der Waals surface area contributed by atoms with Gasteiger partial charge in [0.2, 0.25) is 0 Å². The van der Waals surface area contributed by atoms with Gasteiger partial charge < -0.3 is 15.1 Å². The Hall–Kier alpha value is -0.850. The normalized spacial score (nSPS) is 14.2. The lowest BCUT2D eigenvalue weighted by Gasteiger charge is -2.26. The molecule has 2 atom stereocenters. The maximum Gasteiger partial charge on any atom is 0.469 e. The summed E-state index contributed by atoms with van der Waals surface area (Å²) < 4.78 is 16.0. The third-order valence-corrected chi connectivity index (χ3v) is 4.57. The summed E-state index contributed by atoms with van der Waals surface area (Å²) in [6.07, 6.45) is 9.02. The van der Waals surface area contributed by atoms with Crippen LogP contribution >= 0.6 is 20.0 Å². The Kier molecular flexibility index (Phi) is 9.63. The zero-order valence-electron chi connectivity index (χ0n) is 14.2. The maximum absolute atomic E-state index is 11.1. The number of hydrogen-bond acceptors (Lipinski definition) is 4. The Labute approximate surface area is 149 Å². The molecule has 0 aliphatic carbocycles. The molecule has 0 fully saturated rings. The second-order valence-corrected chi connectivity index (χ2v) is 7.48. The van der Waals surface area contributed by atoms with Crippen LogP contribution in [0.15, 0.2) is 24.5 Å². The van der Waals surface area contributed by atoms with E-state index in [2.05, 4.69) is 17.2 Å². The summed E-state index contributed by atoms with van der Waals surface area (Å²) >= 11 is 5.39. The van der Waals surface area contributed by atoms with Gasteiger partial charge in [-0.05, 0) is 31.4 Å². The summed E-state index contributed by atoms with van der Waals surface area (Å²) in [5.74, 6) is 0. The van der Waals surface area contributed by atoms with Crippen molar-refractivity contribution >= 4 is 25.0 Å². The lowest BCUT2D eigenvalue weighted by atomic mass is 10.0. The molecule has 0 amide bonds. The first-order valence-corrected chi connectivity index (χ1v) is 10.2. The molecule has 2 unspecified atom stereocenters. The topological polar surface area (TPSA) is 91.7 Å². The highest BCUT2D eigenvalue weighted by atomic mass is 32.1. The Morgan fingerprint density at radius 2 is 2.08 bits per heavy atom. The van der Waals surface area contributed by atoms with Crippen LogP contribution in [0.1, 0.15) is 64.0 Å².